The van der Waals surface area contributed by atoms with Crippen molar-refractivity contribution in [1.29, 1.82) is 0 Å². The highest BCUT2D eigenvalue weighted by molar-refractivity contribution is 7.59. The minimum absolute atomic E-state index is 0. The lowest BCUT2D eigenvalue weighted by Gasteiger charge is -2.25. The van der Waals surface area contributed by atoms with E-state index in [1.165, 1.54) is 0 Å². The van der Waals surface area contributed by atoms with Gasteiger partial charge in [-0.25, -0.2) is 0 Å². The summed E-state index contributed by atoms with van der Waals surface area (Å²) in [5.41, 5.74) is 0.585. The number of hydrogen-bond donors (Lipinski definition) is 0. The van der Waals surface area contributed by atoms with Crippen molar-refractivity contribution in [3.8, 4) is 0 Å². The standard InChI is InChI=1S/C31H43N3O2.H2S/c1-3-4-5-6-7-8-9-10-11-12-13-14-15-16-17-18-19-22-30(35)34-25-23-29(27-34)33(2)31(36)28-21-20-24-32-26-28;/h4-5,7-8,10-11,13-14,16-17,20-21,24,26,29H,3,6,9,12,15,18-19,22-23,25,27H2,1-2H3;1H2/b5-4-,8-7-,11-10-,14-13-,17-16-;/t29-;/m0./s1. The molecule has 1 aromatic rings. The quantitative estimate of drug-likeness (QED) is 0.188. The maximum absolute atomic E-state index is 12.6. The van der Waals surface area contributed by atoms with Crippen molar-refractivity contribution in [2.45, 2.75) is 70.8 Å². The van der Waals surface area contributed by atoms with Crippen molar-refractivity contribution in [3.63, 3.8) is 0 Å². The summed E-state index contributed by atoms with van der Waals surface area (Å²) >= 11 is 0. The van der Waals surface area contributed by atoms with E-state index >= 15 is 0 Å². The number of likely N-dealkylation sites (tertiary alicyclic amines) is 1. The lowest BCUT2D eigenvalue weighted by atomic mass is 10.2. The molecule has 0 aromatic carbocycles. The van der Waals surface area contributed by atoms with Crippen molar-refractivity contribution in [1.82, 2.24) is 14.8 Å². The number of amides is 2. The number of hydrogen-bond acceptors (Lipinski definition) is 3. The van der Waals surface area contributed by atoms with E-state index in [2.05, 4.69) is 72.7 Å². The van der Waals surface area contributed by atoms with Gasteiger partial charge in [0.05, 0.1) is 11.6 Å². The fourth-order valence-corrected chi connectivity index (χ4v) is 4.04. The molecule has 5 nitrogen and oxygen atoms in total. The van der Waals surface area contributed by atoms with Crippen molar-refractivity contribution in [3.05, 3.63) is 90.9 Å². The summed E-state index contributed by atoms with van der Waals surface area (Å²) in [5, 5.41) is 0. The summed E-state index contributed by atoms with van der Waals surface area (Å²) < 4.78 is 0. The Morgan fingerprint density at radius 1 is 0.973 bits per heavy atom. The van der Waals surface area contributed by atoms with Crippen molar-refractivity contribution >= 4 is 25.3 Å². The van der Waals surface area contributed by atoms with Gasteiger partial charge in [0.1, 0.15) is 0 Å². The first-order chi connectivity index (χ1) is 17.6. The first-order valence-electron chi connectivity index (χ1n) is 13.3. The lowest BCUT2D eigenvalue weighted by Crippen LogP contribution is -2.40. The topological polar surface area (TPSA) is 53.5 Å². The molecule has 0 aliphatic carbocycles. The summed E-state index contributed by atoms with van der Waals surface area (Å²) in [6.07, 6.45) is 33.3. The number of allylic oxidation sites excluding steroid dienone is 10. The molecular formula is C31H45N3O2S. The van der Waals surface area contributed by atoms with Crippen LogP contribution in [0.3, 0.4) is 0 Å². The molecule has 2 rings (SSSR count). The van der Waals surface area contributed by atoms with E-state index < -0.39 is 0 Å². The average Bonchev–Trinajstić information content (AvgIpc) is 3.40. The van der Waals surface area contributed by atoms with Crippen LogP contribution in [0, 0.1) is 0 Å². The molecule has 2 heterocycles. The molecule has 2 amide bonds. The van der Waals surface area contributed by atoms with Gasteiger partial charge in [-0.05, 0) is 63.5 Å². The third-order valence-corrected chi connectivity index (χ3v) is 6.21. The summed E-state index contributed by atoms with van der Waals surface area (Å²) in [6, 6.07) is 3.61. The van der Waals surface area contributed by atoms with Gasteiger partial charge in [0, 0.05) is 39.0 Å². The van der Waals surface area contributed by atoms with Crippen LogP contribution in [-0.2, 0) is 4.79 Å². The first-order valence-corrected chi connectivity index (χ1v) is 13.3. The van der Waals surface area contributed by atoms with Gasteiger partial charge in [0.15, 0.2) is 0 Å². The van der Waals surface area contributed by atoms with Crippen LogP contribution in [0.15, 0.2) is 85.3 Å². The maximum Gasteiger partial charge on any atom is 0.255 e. The van der Waals surface area contributed by atoms with Gasteiger partial charge < -0.3 is 9.80 Å². The van der Waals surface area contributed by atoms with Gasteiger partial charge in [-0.2, -0.15) is 13.5 Å². The maximum atomic E-state index is 12.6. The Labute approximate surface area is 231 Å². The molecule has 0 radical (unpaired) electrons. The monoisotopic (exact) mass is 523 g/mol. The van der Waals surface area contributed by atoms with Crippen LogP contribution in [0.5, 0.6) is 0 Å². The summed E-state index contributed by atoms with van der Waals surface area (Å²) in [6.45, 7) is 3.48. The molecule has 0 saturated carbocycles. The minimum Gasteiger partial charge on any atom is -0.341 e. The number of nitrogens with zero attached hydrogens (tertiary/aromatic N) is 3. The number of likely N-dealkylation sites (N-methyl/N-ethyl adjacent to an activating group) is 1. The van der Waals surface area contributed by atoms with Crippen LogP contribution in [-0.4, -0.2) is 52.8 Å². The van der Waals surface area contributed by atoms with Crippen LogP contribution in [0.1, 0.15) is 75.1 Å². The smallest absolute Gasteiger partial charge is 0.255 e. The summed E-state index contributed by atoms with van der Waals surface area (Å²) in [7, 11) is 1.81. The fourth-order valence-electron chi connectivity index (χ4n) is 4.04. The third-order valence-electron chi connectivity index (χ3n) is 6.21. The number of aromatic nitrogens is 1. The second-order valence-corrected chi connectivity index (χ2v) is 9.04. The molecule has 202 valence electrons. The predicted octanol–water partition coefficient (Wildman–Crippen LogP) is 6.79. The van der Waals surface area contributed by atoms with Crippen LogP contribution >= 0.6 is 13.5 Å². The molecule has 1 fully saturated rings. The van der Waals surface area contributed by atoms with Gasteiger partial charge in [-0.3, -0.25) is 14.6 Å². The molecule has 1 saturated heterocycles. The third kappa shape index (κ3) is 13.3. The van der Waals surface area contributed by atoms with Crippen LogP contribution in [0.25, 0.3) is 0 Å². The number of carbonyl (C=O) groups excluding carboxylic acids is 2. The van der Waals surface area contributed by atoms with Crippen LogP contribution in [0.4, 0.5) is 0 Å². The normalized spacial score (nSPS) is 16.1. The van der Waals surface area contributed by atoms with E-state index in [9.17, 15) is 9.59 Å². The van der Waals surface area contributed by atoms with E-state index in [1.807, 2.05) is 11.9 Å². The van der Waals surface area contributed by atoms with Crippen molar-refractivity contribution in [2.24, 2.45) is 0 Å². The second-order valence-electron chi connectivity index (χ2n) is 9.04. The Hall–Kier alpha value is -2.86. The van der Waals surface area contributed by atoms with E-state index in [4.69, 9.17) is 0 Å². The SMILES string of the molecule is CC/C=C\C/C=C\C/C=C\C/C=C\C/C=C\CCCC(=O)N1CC[C@H](N(C)C(=O)c2cccnc2)C1.S. The molecule has 0 bridgehead atoms. The van der Waals surface area contributed by atoms with Gasteiger partial charge in [0.2, 0.25) is 5.91 Å². The highest BCUT2D eigenvalue weighted by Crippen LogP contribution is 2.18. The van der Waals surface area contributed by atoms with E-state index in [0.717, 1.165) is 57.9 Å². The van der Waals surface area contributed by atoms with Crippen LogP contribution < -0.4 is 0 Å². The minimum atomic E-state index is -0.0409. The number of unbranched alkanes of at least 4 members (excludes halogenated alkanes) is 1. The predicted molar refractivity (Wildman–Crippen MR) is 160 cm³/mol. The molecule has 37 heavy (non-hydrogen) atoms. The van der Waals surface area contributed by atoms with Crippen LogP contribution in [0.2, 0.25) is 0 Å². The zero-order valence-electron chi connectivity index (χ0n) is 22.6. The Kier molecular flexibility index (Phi) is 17.6. The summed E-state index contributed by atoms with van der Waals surface area (Å²) in [5.74, 6) is 0.146. The number of rotatable bonds is 15. The van der Waals surface area contributed by atoms with E-state index in [0.29, 0.717) is 18.5 Å². The summed E-state index contributed by atoms with van der Waals surface area (Å²) in [4.78, 5) is 32.9. The highest BCUT2D eigenvalue weighted by Gasteiger charge is 2.31. The molecule has 1 aliphatic rings. The molecular weight excluding hydrogens is 478 g/mol. The second kappa shape index (κ2) is 20.2. The van der Waals surface area contributed by atoms with Gasteiger partial charge in [-0.15, -0.1) is 0 Å². The number of carbonyl (C=O) groups is 2. The van der Waals surface area contributed by atoms with Gasteiger partial charge >= 0.3 is 0 Å². The fraction of sp³-hybridized carbons (Fsp3) is 0.452. The van der Waals surface area contributed by atoms with Gasteiger partial charge in [-0.1, -0.05) is 67.7 Å². The molecule has 0 unspecified atom stereocenters. The Balaban J connectivity index is 0.00000684. The highest BCUT2D eigenvalue weighted by atomic mass is 32.1. The molecule has 0 N–H and O–H groups in total. The van der Waals surface area contributed by atoms with E-state index in [-0.39, 0.29) is 31.4 Å². The average molecular weight is 524 g/mol. The lowest BCUT2D eigenvalue weighted by molar-refractivity contribution is -0.130. The van der Waals surface area contributed by atoms with Gasteiger partial charge in [0.25, 0.3) is 5.91 Å². The Bertz CT molecular complexity index is 922. The zero-order valence-corrected chi connectivity index (χ0v) is 23.6. The Morgan fingerprint density at radius 3 is 2.14 bits per heavy atom. The van der Waals surface area contributed by atoms with Crippen molar-refractivity contribution in [2.75, 3.05) is 20.1 Å². The molecule has 6 heteroatoms. The molecule has 1 atom stereocenters. The molecule has 0 spiro atoms. The molecule has 1 aliphatic heterocycles. The van der Waals surface area contributed by atoms with E-state index in [1.54, 1.807) is 29.4 Å². The number of pyridine rings is 1. The zero-order chi connectivity index (χ0) is 25.8. The van der Waals surface area contributed by atoms with Crippen molar-refractivity contribution < 1.29 is 9.59 Å². The first kappa shape index (κ1) is 32.2. The molecule has 1 aromatic heterocycles. The largest absolute Gasteiger partial charge is 0.341 e. The Morgan fingerprint density at radius 2 is 1.57 bits per heavy atom.